The third-order valence-corrected chi connectivity index (χ3v) is 2.81. The van der Waals surface area contributed by atoms with Crippen molar-refractivity contribution in [3.63, 3.8) is 0 Å². The van der Waals surface area contributed by atoms with Crippen molar-refractivity contribution < 1.29 is 9.53 Å². The number of rotatable bonds is 7. The van der Waals surface area contributed by atoms with Crippen LogP contribution in [0.1, 0.15) is 18.9 Å². The van der Waals surface area contributed by atoms with E-state index < -0.39 is 0 Å². The highest BCUT2D eigenvalue weighted by Crippen LogP contribution is 2.13. The Kier molecular flexibility index (Phi) is 6.29. The summed E-state index contributed by atoms with van der Waals surface area (Å²) < 4.78 is 5.14. The molecule has 104 valence electrons. The monoisotopic (exact) mass is 280 g/mol. The minimum Gasteiger partial charge on any atom is -0.497 e. The maximum Gasteiger partial charge on any atom is 0.227 e. The van der Waals surface area contributed by atoms with E-state index in [0.717, 1.165) is 17.7 Å². The molecule has 4 nitrogen and oxygen atoms in total. The lowest BCUT2D eigenvalue weighted by molar-refractivity contribution is -0.129. The van der Waals surface area contributed by atoms with Crippen LogP contribution in [0.3, 0.4) is 0 Å². The summed E-state index contributed by atoms with van der Waals surface area (Å²) in [7, 11) is 1.61. The lowest BCUT2D eigenvalue weighted by Crippen LogP contribution is -2.39. The quantitative estimate of drug-likeness (QED) is 0.773. The number of benzene rings is 1. The molecule has 0 radical (unpaired) electrons. The average Bonchev–Trinajstić information content (AvgIpc) is 2.38. The summed E-state index contributed by atoms with van der Waals surface area (Å²) >= 11 is 4.87. The van der Waals surface area contributed by atoms with Gasteiger partial charge in [-0.15, -0.1) is 0 Å². The molecule has 1 amide bonds. The van der Waals surface area contributed by atoms with Gasteiger partial charge in [-0.2, -0.15) is 0 Å². The Morgan fingerprint density at radius 2 is 2.21 bits per heavy atom. The van der Waals surface area contributed by atoms with E-state index in [1.54, 1.807) is 12.0 Å². The first-order valence-electron chi connectivity index (χ1n) is 6.25. The lowest BCUT2D eigenvalue weighted by atomic mass is 10.1. The summed E-state index contributed by atoms with van der Waals surface area (Å²) in [5.74, 6) is 0.782. The Bertz CT molecular complexity index is 449. The van der Waals surface area contributed by atoms with Crippen molar-refractivity contribution in [1.29, 1.82) is 0 Å². The molecule has 5 heteroatoms. The van der Waals surface area contributed by atoms with E-state index in [1.807, 2.05) is 31.2 Å². The van der Waals surface area contributed by atoms with E-state index in [1.165, 1.54) is 0 Å². The number of amides is 1. The van der Waals surface area contributed by atoms with Gasteiger partial charge in [0.25, 0.3) is 0 Å². The van der Waals surface area contributed by atoms with Crippen LogP contribution in [-0.2, 0) is 11.2 Å². The summed E-state index contributed by atoms with van der Waals surface area (Å²) in [4.78, 5) is 14.2. The topological polar surface area (TPSA) is 55.6 Å². The molecule has 0 fully saturated rings. The van der Waals surface area contributed by atoms with Crippen molar-refractivity contribution in [2.75, 3.05) is 20.2 Å². The molecule has 0 atom stereocenters. The smallest absolute Gasteiger partial charge is 0.227 e. The van der Waals surface area contributed by atoms with Crippen molar-refractivity contribution >= 4 is 23.1 Å². The standard InChI is InChI=1S/C14H20N2O2S/c1-3-7-16(10-13(15)19)14(17)9-11-5-4-6-12(8-11)18-2/h4-6,8H,3,7,9-10H2,1-2H3,(H2,15,19). The van der Waals surface area contributed by atoms with Gasteiger partial charge in [0.15, 0.2) is 0 Å². The zero-order chi connectivity index (χ0) is 14.3. The van der Waals surface area contributed by atoms with Gasteiger partial charge in [0.2, 0.25) is 5.91 Å². The van der Waals surface area contributed by atoms with Gasteiger partial charge in [-0.1, -0.05) is 31.3 Å². The number of ether oxygens (including phenoxy) is 1. The van der Waals surface area contributed by atoms with E-state index >= 15 is 0 Å². The number of carbonyl (C=O) groups is 1. The fourth-order valence-electron chi connectivity index (χ4n) is 1.82. The van der Waals surface area contributed by atoms with Gasteiger partial charge in [0, 0.05) is 6.54 Å². The Balaban J connectivity index is 2.71. The third-order valence-electron chi connectivity index (χ3n) is 2.68. The van der Waals surface area contributed by atoms with E-state index in [4.69, 9.17) is 22.7 Å². The van der Waals surface area contributed by atoms with Crippen LogP contribution < -0.4 is 10.5 Å². The first-order chi connectivity index (χ1) is 9.06. The molecule has 0 aliphatic heterocycles. The van der Waals surface area contributed by atoms with Gasteiger partial charge in [0.05, 0.1) is 25.1 Å². The van der Waals surface area contributed by atoms with Gasteiger partial charge >= 0.3 is 0 Å². The fraction of sp³-hybridized carbons (Fsp3) is 0.429. The SMILES string of the molecule is CCCN(CC(N)=S)C(=O)Cc1cccc(OC)c1. The van der Waals surface area contributed by atoms with Crippen LogP contribution in [0.15, 0.2) is 24.3 Å². The lowest BCUT2D eigenvalue weighted by Gasteiger charge is -2.21. The predicted octanol–water partition coefficient (Wildman–Crippen LogP) is 1.76. The van der Waals surface area contributed by atoms with Gasteiger partial charge in [-0.25, -0.2) is 0 Å². The summed E-state index contributed by atoms with van der Waals surface area (Å²) in [5, 5.41) is 0. The Hall–Kier alpha value is -1.62. The third kappa shape index (κ3) is 5.26. The molecule has 0 aromatic heterocycles. The molecule has 2 N–H and O–H groups in total. The summed E-state index contributed by atoms with van der Waals surface area (Å²) in [6, 6.07) is 7.50. The molecular weight excluding hydrogens is 260 g/mol. The second-order valence-corrected chi connectivity index (χ2v) is 4.83. The molecule has 0 unspecified atom stereocenters. The molecule has 0 aliphatic rings. The maximum absolute atomic E-state index is 12.2. The average molecular weight is 280 g/mol. The first-order valence-corrected chi connectivity index (χ1v) is 6.66. The molecule has 0 bridgehead atoms. The number of carbonyl (C=O) groups excluding carboxylic acids is 1. The number of nitrogens with zero attached hydrogens (tertiary/aromatic N) is 1. The zero-order valence-electron chi connectivity index (χ0n) is 11.4. The van der Waals surface area contributed by atoms with E-state index in [0.29, 0.717) is 24.5 Å². The molecule has 0 saturated carbocycles. The number of nitrogens with two attached hydrogens (primary N) is 1. The van der Waals surface area contributed by atoms with Gasteiger partial charge in [-0.05, 0) is 24.1 Å². The Labute approximate surface area is 119 Å². The van der Waals surface area contributed by atoms with E-state index in [2.05, 4.69) is 0 Å². The van der Waals surface area contributed by atoms with Crippen LogP contribution in [-0.4, -0.2) is 36.0 Å². The molecule has 0 heterocycles. The van der Waals surface area contributed by atoms with Crippen LogP contribution in [0.25, 0.3) is 0 Å². The highest BCUT2D eigenvalue weighted by atomic mass is 32.1. The Morgan fingerprint density at radius 3 is 2.79 bits per heavy atom. The molecule has 1 aromatic carbocycles. The molecule has 0 saturated heterocycles. The molecular formula is C14H20N2O2S. The largest absolute Gasteiger partial charge is 0.497 e. The summed E-state index contributed by atoms with van der Waals surface area (Å²) in [6.07, 6.45) is 1.21. The minimum absolute atomic E-state index is 0.0305. The fourth-order valence-corrected chi connectivity index (χ4v) is 1.97. The number of hydrogen-bond acceptors (Lipinski definition) is 3. The van der Waals surface area contributed by atoms with Gasteiger partial charge in [0.1, 0.15) is 5.75 Å². The highest BCUT2D eigenvalue weighted by Gasteiger charge is 2.14. The predicted molar refractivity (Wildman–Crippen MR) is 80.4 cm³/mol. The van der Waals surface area contributed by atoms with Gasteiger partial charge < -0.3 is 15.4 Å². The minimum atomic E-state index is 0.0305. The van der Waals surface area contributed by atoms with Crippen molar-refractivity contribution in [2.24, 2.45) is 5.73 Å². The van der Waals surface area contributed by atoms with Crippen LogP contribution in [0, 0.1) is 0 Å². The normalized spacial score (nSPS) is 10.0. The number of hydrogen-bond donors (Lipinski definition) is 1. The van der Waals surface area contributed by atoms with E-state index in [-0.39, 0.29) is 5.91 Å². The van der Waals surface area contributed by atoms with Crippen molar-refractivity contribution in [1.82, 2.24) is 4.90 Å². The molecule has 19 heavy (non-hydrogen) atoms. The molecule has 1 aromatic rings. The van der Waals surface area contributed by atoms with Crippen molar-refractivity contribution in [3.8, 4) is 5.75 Å². The van der Waals surface area contributed by atoms with Crippen molar-refractivity contribution in [2.45, 2.75) is 19.8 Å². The summed E-state index contributed by atoms with van der Waals surface area (Å²) in [6.45, 7) is 3.03. The zero-order valence-corrected chi connectivity index (χ0v) is 12.2. The van der Waals surface area contributed by atoms with Gasteiger partial charge in [-0.3, -0.25) is 4.79 Å². The second kappa shape index (κ2) is 7.74. The maximum atomic E-state index is 12.2. The first kappa shape index (κ1) is 15.4. The second-order valence-electron chi connectivity index (χ2n) is 4.31. The molecule has 0 spiro atoms. The van der Waals surface area contributed by atoms with E-state index in [9.17, 15) is 4.79 Å². The molecule has 0 aliphatic carbocycles. The van der Waals surface area contributed by atoms with Crippen LogP contribution in [0.5, 0.6) is 5.75 Å². The number of methoxy groups -OCH3 is 1. The Morgan fingerprint density at radius 1 is 1.47 bits per heavy atom. The summed E-state index contributed by atoms with van der Waals surface area (Å²) in [5.41, 5.74) is 6.44. The van der Waals surface area contributed by atoms with Crippen molar-refractivity contribution in [3.05, 3.63) is 29.8 Å². The van der Waals surface area contributed by atoms with Crippen LogP contribution in [0.2, 0.25) is 0 Å². The van der Waals surface area contributed by atoms with Crippen LogP contribution >= 0.6 is 12.2 Å². The van der Waals surface area contributed by atoms with Crippen LogP contribution in [0.4, 0.5) is 0 Å². The highest BCUT2D eigenvalue weighted by molar-refractivity contribution is 7.80. The molecule has 1 rings (SSSR count). The number of thiocarbonyl (C=S) groups is 1.